The zero-order valence-corrected chi connectivity index (χ0v) is 27.2. The highest BCUT2D eigenvalue weighted by molar-refractivity contribution is 5.70. The van der Waals surface area contributed by atoms with Crippen LogP contribution in [0.2, 0.25) is 0 Å². The second kappa shape index (κ2) is 18.8. The summed E-state index contributed by atoms with van der Waals surface area (Å²) in [6.45, 7) is 17.0. The fraction of sp³-hybridized carbons (Fsp3) is 0.806. The number of hydrogen-bond donors (Lipinski definition) is 1. The van der Waals surface area contributed by atoms with Crippen molar-refractivity contribution in [2.45, 2.75) is 188 Å². The first-order valence-electron chi connectivity index (χ1n) is 16.4. The Kier molecular flexibility index (Phi) is 17.1. The maximum atomic E-state index is 12.5. The first-order valence-corrected chi connectivity index (χ1v) is 16.4. The van der Waals surface area contributed by atoms with Gasteiger partial charge in [0, 0.05) is 6.42 Å². The number of unbranched alkanes of at least 4 members (excludes halogenated alkanes) is 14. The Morgan fingerprint density at radius 3 is 1.49 bits per heavy atom. The van der Waals surface area contributed by atoms with Crippen LogP contribution in [-0.4, -0.2) is 17.2 Å². The molecule has 1 aromatic rings. The van der Waals surface area contributed by atoms with Crippen molar-refractivity contribution in [2.24, 2.45) is 0 Å². The maximum absolute atomic E-state index is 12.5. The van der Waals surface area contributed by atoms with E-state index in [1.165, 1.54) is 89.9 Å². The Labute approximate surface area is 242 Å². The van der Waals surface area contributed by atoms with Crippen molar-refractivity contribution in [2.75, 3.05) is 0 Å². The molecule has 0 amide bonds. The predicted octanol–water partition coefficient (Wildman–Crippen LogP) is 11.1. The molecule has 0 aliphatic carbocycles. The van der Waals surface area contributed by atoms with Crippen LogP contribution in [0.1, 0.15) is 181 Å². The minimum absolute atomic E-state index is 0.0189. The van der Waals surface area contributed by atoms with Gasteiger partial charge >= 0.3 is 5.97 Å². The summed E-state index contributed by atoms with van der Waals surface area (Å²) in [6, 6.07) is 4.13. The van der Waals surface area contributed by atoms with E-state index >= 15 is 0 Å². The maximum Gasteiger partial charge on any atom is 0.306 e. The van der Waals surface area contributed by atoms with Gasteiger partial charge in [0.25, 0.3) is 0 Å². The van der Waals surface area contributed by atoms with Crippen LogP contribution in [0.15, 0.2) is 12.1 Å². The number of ether oxygens (including phenoxy) is 1. The van der Waals surface area contributed by atoms with E-state index in [0.29, 0.717) is 18.6 Å². The second-order valence-electron chi connectivity index (χ2n) is 14.1. The fourth-order valence-corrected chi connectivity index (χ4v) is 5.37. The molecule has 0 fully saturated rings. The minimum atomic E-state index is -0.164. The number of esters is 1. The Morgan fingerprint density at radius 1 is 0.718 bits per heavy atom. The number of hydrogen-bond acceptors (Lipinski definition) is 3. The lowest BCUT2D eigenvalue weighted by Gasteiger charge is -2.28. The highest BCUT2D eigenvalue weighted by Crippen LogP contribution is 2.40. The number of carbonyl (C=O) groups excluding carboxylic acids is 1. The van der Waals surface area contributed by atoms with Gasteiger partial charge in [-0.25, -0.2) is 0 Å². The van der Waals surface area contributed by atoms with Gasteiger partial charge in [0.1, 0.15) is 5.75 Å². The summed E-state index contributed by atoms with van der Waals surface area (Å²) < 4.78 is 5.72. The molecule has 1 rings (SSSR count). The second-order valence-corrected chi connectivity index (χ2v) is 14.1. The molecule has 0 saturated carbocycles. The van der Waals surface area contributed by atoms with E-state index in [0.717, 1.165) is 29.5 Å². The van der Waals surface area contributed by atoms with Gasteiger partial charge in [-0.1, -0.05) is 150 Å². The molecule has 1 N–H and O–H groups in total. The Balaban J connectivity index is 2.21. The first-order chi connectivity index (χ1) is 18.4. The summed E-state index contributed by atoms with van der Waals surface area (Å²) in [5.41, 5.74) is 2.65. The lowest BCUT2D eigenvalue weighted by Crippen LogP contribution is -2.18. The van der Waals surface area contributed by atoms with E-state index in [-0.39, 0.29) is 22.9 Å². The Morgan fingerprint density at radius 2 is 1.10 bits per heavy atom. The van der Waals surface area contributed by atoms with Crippen LogP contribution in [0.25, 0.3) is 0 Å². The number of aromatic hydroxyl groups is 1. The van der Waals surface area contributed by atoms with Crippen LogP contribution in [0.3, 0.4) is 0 Å². The van der Waals surface area contributed by atoms with Crippen LogP contribution in [-0.2, 0) is 26.8 Å². The van der Waals surface area contributed by atoms with Gasteiger partial charge in [0.15, 0.2) is 0 Å². The molecule has 0 spiro atoms. The van der Waals surface area contributed by atoms with Crippen molar-refractivity contribution in [3.63, 3.8) is 0 Å². The van der Waals surface area contributed by atoms with Crippen LogP contribution in [0.5, 0.6) is 5.75 Å². The normalized spacial score (nSPS) is 13.0. The monoisotopic (exact) mass is 544 g/mol. The molecule has 1 atom stereocenters. The summed E-state index contributed by atoms with van der Waals surface area (Å²) in [4.78, 5) is 12.5. The molecule has 3 heteroatoms. The smallest absolute Gasteiger partial charge is 0.306 e. The highest BCUT2D eigenvalue weighted by Gasteiger charge is 2.26. The van der Waals surface area contributed by atoms with Crippen molar-refractivity contribution < 1.29 is 14.6 Å². The molecule has 1 aromatic carbocycles. The molecule has 3 nitrogen and oxygen atoms in total. The third-order valence-corrected chi connectivity index (χ3v) is 7.95. The van der Waals surface area contributed by atoms with Gasteiger partial charge in [0.2, 0.25) is 0 Å². The quantitative estimate of drug-likeness (QED) is 0.131. The van der Waals surface area contributed by atoms with Gasteiger partial charge in [-0.15, -0.1) is 0 Å². The van der Waals surface area contributed by atoms with Gasteiger partial charge in [0.05, 0.1) is 6.10 Å². The number of phenolic OH excluding ortho intramolecular Hbond substituents is 1. The van der Waals surface area contributed by atoms with E-state index in [2.05, 4.69) is 60.6 Å². The van der Waals surface area contributed by atoms with E-state index in [1.807, 2.05) is 6.92 Å². The van der Waals surface area contributed by atoms with Crippen molar-refractivity contribution >= 4 is 5.97 Å². The average Bonchev–Trinajstić information content (AvgIpc) is 2.84. The molecule has 39 heavy (non-hydrogen) atoms. The standard InChI is InChI=1S/C36H64O3/c1-9-10-11-12-13-14-15-16-17-18-19-20-21-22-23-24-29(2)39-33(37)26-25-30-27-31(35(3,4)5)34(38)32(28-30)36(6,7)8/h27-29,38H,9-26H2,1-8H3. The summed E-state index contributed by atoms with van der Waals surface area (Å²) in [5.74, 6) is 0.268. The number of carbonyl (C=O) groups is 1. The number of aryl methyl sites for hydroxylation is 1. The lowest BCUT2D eigenvalue weighted by atomic mass is 9.78. The zero-order valence-electron chi connectivity index (χ0n) is 27.2. The first kappa shape index (κ1) is 35.5. The van der Waals surface area contributed by atoms with Crippen molar-refractivity contribution in [1.82, 2.24) is 0 Å². The van der Waals surface area contributed by atoms with Crippen LogP contribution in [0, 0.1) is 0 Å². The molecule has 0 radical (unpaired) electrons. The van der Waals surface area contributed by atoms with Gasteiger partial charge in [-0.2, -0.15) is 0 Å². The van der Waals surface area contributed by atoms with Crippen molar-refractivity contribution in [3.05, 3.63) is 28.8 Å². The zero-order chi connectivity index (χ0) is 29.3. The van der Waals surface area contributed by atoms with Gasteiger partial charge in [-0.05, 0) is 53.7 Å². The predicted molar refractivity (Wildman–Crippen MR) is 169 cm³/mol. The summed E-state index contributed by atoms with van der Waals surface area (Å²) in [5, 5.41) is 10.9. The fourth-order valence-electron chi connectivity index (χ4n) is 5.37. The summed E-state index contributed by atoms with van der Waals surface area (Å²) in [7, 11) is 0. The van der Waals surface area contributed by atoms with Gasteiger partial charge in [-0.3, -0.25) is 4.79 Å². The third kappa shape index (κ3) is 15.8. The molecule has 0 aliphatic rings. The van der Waals surface area contributed by atoms with Crippen LogP contribution >= 0.6 is 0 Å². The molecule has 0 bridgehead atoms. The van der Waals surface area contributed by atoms with E-state index in [4.69, 9.17) is 4.74 Å². The van der Waals surface area contributed by atoms with Crippen LogP contribution in [0.4, 0.5) is 0 Å². The van der Waals surface area contributed by atoms with E-state index in [9.17, 15) is 9.90 Å². The average molecular weight is 545 g/mol. The molecule has 0 aliphatic heterocycles. The molecule has 226 valence electrons. The Hall–Kier alpha value is -1.51. The number of benzene rings is 1. The van der Waals surface area contributed by atoms with Crippen molar-refractivity contribution in [1.29, 1.82) is 0 Å². The van der Waals surface area contributed by atoms with E-state index in [1.54, 1.807) is 0 Å². The topological polar surface area (TPSA) is 46.5 Å². The SMILES string of the molecule is CCCCCCCCCCCCCCCCCC(C)OC(=O)CCc1cc(C(C)(C)C)c(O)c(C(C)(C)C)c1. The molecule has 0 aromatic heterocycles. The summed E-state index contributed by atoms with van der Waals surface area (Å²) in [6.07, 6.45) is 22.4. The summed E-state index contributed by atoms with van der Waals surface area (Å²) >= 11 is 0. The molecular formula is C36H64O3. The van der Waals surface area contributed by atoms with E-state index < -0.39 is 0 Å². The third-order valence-electron chi connectivity index (χ3n) is 7.95. The molecule has 1 unspecified atom stereocenters. The Bertz CT molecular complexity index is 761. The molecule has 0 heterocycles. The molecular weight excluding hydrogens is 480 g/mol. The minimum Gasteiger partial charge on any atom is -0.507 e. The van der Waals surface area contributed by atoms with Gasteiger partial charge < -0.3 is 9.84 Å². The lowest BCUT2D eigenvalue weighted by molar-refractivity contribution is -0.148. The van der Waals surface area contributed by atoms with Crippen LogP contribution < -0.4 is 0 Å². The number of phenols is 1. The number of rotatable bonds is 20. The largest absolute Gasteiger partial charge is 0.507 e. The highest BCUT2D eigenvalue weighted by atomic mass is 16.5. The van der Waals surface area contributed by atoms with Crippen molar-refractivity contribution in [3.8, 4) is 5.75 Å². The molecule has 0 saturated heterocycles.